The van der Waals surface area contributed by atoms with Crippen LogP contribution < -0.4 is 10.9 Å². The zero-order valence-electron chi connectivity index (χ0n) is 15.1. The molecule has 0 saturated carbocycles. The largest absolute Gasteiger partial charge is 0.431 e. The van der Waals surface area contributed by atoms with Gasteiger partial charge in [-0.15, -0.1) is 0 Å². The molecule has 0 fully saturated rings. The van der Waals surface area contributed by atoms with Crippen molar-refractivity contribution < 1.29 is 18.0 Å². The fraction of sp³-hybridized carbons (Fsp3) is 0.400. The van der Waals surface area contributed by atoms with Crippen molar-refractivity contribution in [3.8, 4) is 0 Å². The van der Waals surface area contributed by atoms with E-state index in [9.17, 15) is 22.8 Å². The zero-order chi connectivity index (χ0) is 19.8. The summed E-state index contributed by atoms with van der Waals surface area (Å²) in [6, 6.07) is 7.48. The van der Waals surface area contributed by atoms with Gasteiger partial charge in [0.25, 0.3) is 11.5 Å². The molecule has 0 bridgehead atoms. The third-order valence-corrected chi connectivity index (χ3v) is 5.00. The number of hydrogen-bond acceptors (Lipinski definition) is 2. The number of benzene rings is 1. The lowest BCUT2D eigenvalue weighted by Crippen LogP contribution is -2.35. The minimum absolute atomic E-state index is 0.198. The molecule has 1 amide bonds. The second-order valence-electron chi connectivity index (χ2n) is 7.02. The summed E-state index contributed by atoms with van der Waals surface area (Å²) in [6.07, 6.45) is -1.98. The van der Waals surface area contributed by atoms with E-state index < -0.39 is 23.3 Å². The van der Waals surface area contributed by atoms with Gasteiger partial charge in [-0.3, -0.25) is 9.59 Å². The van der Waals surface area contributed by atoms with Crippen LogP contribution in [-0.4, -0.2) is 10.9 Å². The zero-order valence-corrected chi connectivity index (χ0v) is 15.1. The Kier molecular flexibility index (Phi) is 5.13. The summed E-state index contributed by atoms with van der Waals surface area (Å²) in [4.78, 5) is 26.4. The van der Waals surface area contributed by atoms with Crippen LogP contribution in [0.15, 0.2) is 35.1 Å². The van der Waals surface area contributed by atoms with Crippen LogP contribution in [0.2, 0.25) is 0 Å². The van der Waals surface area contributed by atoms with Gasteiger partial charge in [-0.1, -0.05) is 37.1 Å². The summed E-state index contributed by atoms with van der Waals surface area (Å²) in [5.41, 5.74) is 0.708. The lowest BCUT2D eigenvalue weighted by Gasteiger charge is -2.22. The number of aromatic nitrogens is 1. The molecule has 1 aromatic heterocycles. The Labute approximate surface area is 154 Å². The predicted molar refractivity (Wildman–Crippen MR) is 95.6 cm³/mol. The number of aromatic amines is 1. The molecular weight excluding hydrogens is 357 g/mol. The maximum Gasteiger partial charge on any atom is 0.431 e. The smallest absolute Gasteiger partial charge is 0.345 e. The van der Waals surface area contributed by atoms with E-state index in [-0.39, 0.29) is 17.5 Å². The van der Waals surface area contributed by atoms with Crippen LogP contribution in [0, 0.1) is 12.8 Å². The van der Waals surface area contributed by atoms with Crippen molar-refractivity contribution in [3.63, 3.8) is 0 Å². The van der Waals surface area contributed by atoms with Gasteiger partial charge in [-0.2, -0.15) is 13.2 Å². The first kappa shape index (κ1) is 19.2. The number of carbonyl (C=O) groups is 1. The van der Waals surface area contributed by atoms with Gasteiger partial charge in [-0.25, -0.2) is 0 Å². The molecule has 0 radical (unpaired) electrons. The Morgan fingerprint density at radius 3 is 2.63 bits per heavy atom. The second-order valence-corrected chi connectivity index (χ2v) is 7.02. The van der Waals surface area contributed by atoms with Gasteiger partial charge in [0.15, 0.2) is 0 Å². The van der Waals surface area contributed by atoms with Crippen LogP contribution in [0.4, 0.5) is 13.2 Å². The molecule has 1 aliphatic rings. The van der Waals surface area contributed by atoms with E-state index in [1.54, 1.807) is 4.98 Å². The molecule has 4 nitrogen and oxygen atoms in total. The molecule has 144 valence electrons. The minimum Gasteiger partial charge on any atom is -0.345 e. The first-order valence-corrected chi connectivity index (χ1v) is 8.91. The van der Waals surface area contributed by atoms with Crippen LogP contribution >= 0.6 is 0 Å². The van der Waals surface area contributed by atoms with Gasteiger partial charge in [0, 0.05) is 0 Å². The minimum atomic E-state index is -4.66. The van der Waals surface area contributed by atoms with Crippen LogP contribution in [0.1, 0.15) is 58.5 Å². The number of aryl methyl sites for hydroxylation is 1. The molecule has 0 spiro atoms. The van der Waals surface area contributed by atoms with Crippen molar-refractivity contribution in [1.82, 2.24) is 10.3 Å². The van der Waals surface area contributed by atoms with Crippen LogP contribution in [0.3, 0.4) is 0 Å². The highest BCUT2D eigenvalue weighted by atomic mass is 19.4. The molecule has 7 heteroatoms. The van der Waals surface area contributed by atoms with Gasteiger partial charge in [0.2, 0.25) is 0 Å². The van der Waals surface area contributed by atoms with E-state index in [0.717, 1.165) is 42.0 Å². The van der Waals surface area contributed by atoms with E-state index >= 15 is 0 Å². The van der Waals surface area contributed by atoms with Crippen LogP contribution in [-0.2, 0) is 12.6 Å². The fourth-order valence-electron chi connectivity index (χ4n) is 3.72. The van der Waals surface area contributed by atoms with Gasteiger partial charge in [-0.05, 0) is 48.9 Å². The Hall–Kier alpha value is -2.57. The second kappa shape index (κ2) is 7.21. The molecule has 1 heterocycles. The normalized spacial score (nSPS) is 19.0. The topological polar surface area (TPSA) is 62.0 Å². The monoisotopic (exact) mass is 378 g/mol. The molecule has 2 unspecified atom stereocenters. The van der Waals surface area contributed by atoms with Crippen molar-refractivity contribution >= 4 is 5.91 Å². The van der Waals surface area contributed by atoms with E-state index in [1.807, 2.05) is 25.1 Å². The Balaban J connectivity index is 1.88. The summed E-state index contributed by atoms with van der Waals surface area (Å²) < 4.78 is 38.1. The maximum absolute atomic E-state index is 12.7. The third-order valence-electron chi connectivity index (χ3n) is 5.00. The summed E-state index contributed by atoms with van der Waals surface area (Å²) in [5.74, 6) is -0.463. The first-order chi connectivity index (χ1) is 12.7. The van der Waals surface area contributed by atoms with Gasteiger partial charge >= 0.3 is 6.18 Å². The van der Waals surface area contributed by atoms with E-state index in [1.165, 1.54) is 0 Å². The molecular formula is C20H21F3N2O2. The molecule has 1 aliphatic carbocycles. The fourth-order valence-corrected chi connectivity index (χ4v) is 3.72. The quantitative estimate of drug-likeness (QED) is 0.840. The van der Waals surface area contributed by atoms with Gasteiger partial charge in [0.1, 0.15) is 11.3 Å². The molecule has 27 heavy (non-hydrogen) atoms. The highest BCUT2D eigenvalue weighted by Crippen LogP contribution is 2.39. The number of fused-ring (bicyclic) bond motifs is 1. The average molecular weight is 378 g/mol. The number of pyridine rings is 1. The van der Waals surface area contributed by atoms with Crippen molar-refractivity contribution in [2.24, 2.45) is 5.92 Å². The summed E-state index contributed by atoms with van der Waals surface area (Å²) in [6.45, 7) is 4.03. The number of halogens is 3. The lowest BCUT2D eigenvalue weighted by molar-refractivity contribution is -0.141. The Bertz CT molecular complexity index is 918. The highest BCUT2D eigenvalue weighted by Gasteiger charge is 2.35. The molecule has 0 saturated heterocycles. The van der Waals surface area contributed by atoms with Gasteiger partial charge < -0.3 is 10.3 Å². The number of amides is 1. The van der Waals surface area contributed by atoms with E-state index in [2.05, 4.69) is 12.2 Å². The summed E-state index contributed by atoms with van der Waals surface area (Å²) in [7, 11) is 0. The number of alkyl halides is 3. The number of nitrogens with one attached hydrogen (secondary N) is 2. The first-order valence-electron chi connectivity index (χ1n) is 8.91. The number of rotatable bonds is 4. The molecule has 0 aliphatic heterocycles. The van der Waals surface area contributed by atoms with Crippen molar-refractivity contribution in [3.05, 3.63) is 68.6 Å². The van der Waals surface area contributed by atoms with Crippen molar-refractivity contribution in [1.29, 1.82) is 0 Å². The SMILES string of the molecule is CCCC1Cc2ccc(C)cc2C1NC(=O)c1ccc(C(F)(F)F)[nH]c1=O. The van der Waals surface area contributed by atoms with Crippen molar-refractivity contribution in [2.75, 3.05) is 0 Å². The number of carbonyl (C=O) groups excluding carboxylic acids is 1. The van der Waals surface area contributed by atoms with Crippen LogP contribution in [0.25, 0.3) is 0 Å². The third kappa shape index (κ3) is 3.91. The summed E-state index contributed by atoms with van der Waals surface area (Å²) >= 11 is 0. The Morgan fingerprint density at radius 2 is 2.00 bits per heavy atom. The molecule has 1 aromatic carbocycles. The average Bonchev–Trinajstić information content (AvgIpc) is 2.91. The molecule has 2 N–H and O–H groups in total. The van der Waals surface area contributed by atoms with Crippen LogP contribution in [0.5, 0.6) is 0 Å². The van der Waals surface area contributed by atoms with Gasteiger partial charge in [0.05, 0.1) is 6.04 Å². The number of hydrogen-bond donors (Lipinski definition) is 2. The maximum atomic E-state index is 12.7. The van der Waals surface area contributed by atoms with Crippen molar-refractivity contribution in [2.45, 2.75) is 45.3 Å². The number of H-pyrrole nitrogens is 1. The molecule has 3 rings (SSSR count). The lowest BCUT2D eigenvalue weighted by atomic mass is 9.95. The molecule has 2 atom stereocenters. The predicted octanol–water partition coefficient (Wildman–Crippen LogP) is 4.15. The molecule has 2 aromatic rings. The van der Waals surface area contributed by atoms with E-state index in [0.29, 0.717) is 6.07 Å². The Morgan fingerprint density at radius 1 is 1.26 bits per heavy atom. The highest BCUT2D eigenvalue weighted by molar-refractivity contribution is 5.94. The van der Waals surface area contributed by atoms with E-state index in [4.69, 9.17) is 0 Å². The standard InChI is InChI=1S/C20H21F3N2O2/c1-3-4-13-10-12-6-5-11(2)9-15(12)17(13)25-19(27)14-7-8-16(20(21,22)23)24-18(14)26/h5-9,13,17H,3-4,10H2,1-2H3,(H,24,26)(H,25,27). The summed E-state index contributed by atoms with van der Waals surface area (Å²) in [5, 5.41) is 2.87.